The molecule has 1 unspecified atom stereocenters. The highest BCUT2D eigenvalue weighted by Gasteiger charge is 2.26. The molecule has 4 heteroatoms. The molecule has 1 aromatic heterocycles. The third kappa shape index (κ3) is 3.42. The Morgan fingerprint density at radius 1 is 1.50 bits per heavy atom. The van der Waals surface area contributed by atoms with Crippen LogP contribution in [-0.4, -0.2) is 35.6 Å². The van der Waals surface area contributed by atoms with Gasteiger partial charge in [0.15, 0.2) is 0 Å². The van der Waals surface area contributed by atoms with Crippen LogP contribution >= 0.6 is 0 Å². The number of anilines is 1. The van der Waals surface area contributed by atoms with E-state index in [1.54, 1.807) is 0 Å². The van der Waals surface area contributed by atoms with Crippen LogP contribution in [0, 0.1) is 12.8 Å². The van der Waals surface area contributed by atoms with E-state index in [2.05, 4.69) is 34.0 Å². The Morgan fingerprint density at radius 2 is 2.33 bits per heavy atom. The maximum Gasteiger partial charge on any atom is 0.225 e. The first-order valence-electron chi connectivity index (χ1n) is 6.94. The van der Waals surface area contributed by atoms with Crippen molar-refractivity contribution in [2.45, 2.75) is 39.7 Å². The molecule has 1 saturated heterocycles. The Hall–Kier alpha value is -1.16. The third-order valence-electron chi connectivity index (χ3n) is 3.35. The van der Waals surface area contributed by atoms with E-state index in [0.717, 1.165) is 31.3 Å². The van der Waals surface area contributed by atoms with Gasteiger partial charge in [0.2, 0.25) is 5.95 Å². The molecule has 1 aliphatic heterocycles. The molecule has 1 atom stereocenters. The summed E-state index contributed by atoms with van der Waals surface area (Å²) in [4.78, 5) is 11.3. The van der Waals surface area contributed by atoms with Crippen molar-refractivity contribution in [1.82, 2.24) is 15.3 Å². The van der Waals surface area contributed by atoms with Crippen molar-refractivity contribution in [3.63, 3.8) is 0 Å². The predicted molar refractivity (Wildman–Crippen MR) is 74.8 cm³/mol. The first-order valence-corrected chi connectivity index (χ1v) is 6.94. The SMILES string of the molecule is Cc1ccnc(N2CCCC2CNCC(C)C)n1. The molecule has 100 valence electrons. The Balaban J connectivity index is 1.95. The van der Waals surface area contributed by atoms with Gasteiger partial charge in [0, 0.05) is 31.0 Å². The summed E-state index contributed by atoms with van der Waals surface area (Å²) in [6, 6.07) is 2.50. The maximum absolute atomic E-state index is 4.54. The molecule has 0 amide bonds. The van der Waals surface area contributed by atoms with E-state index in [1.807, 2.05) is 19.2 Å². The van der Waals surface area contributed by atoms with Crippen molar-refractivity contribution < 1.29 is 0 Å². The minimum atomic E-state index is 0.547. The molecule has 18 heavy (non-hydrogen) atoms. The van der Waals surface area contributed by atoms with Crippen LogP contribution in [0.15, 0.2) is 12.3 Å². The van der Waals surface area contributed by atoms with Gasteiger partial charge in [-0.3, -0.25) is 0 Å². The van der Waals surface area contributed by atoms with Crippen LogP contribution in [0.2, 0.25) is 0 Å². The van der Waals surface area contributed by atoms with Gasteiger partial charge < -0.3 is 10.2 Å². The first-order chi connectivity index (χ1) is 8.66. The van der Waals surface area contributed by atoms with Crippen LogP contribution in [0.3, 0.4) is 0 Å². The van der Waals surface area contributed by atoms with E-state index in [1.165, 1.54) is 12.8 Å². The second-order valence-corrected chi connectivity index (χ2v) is 5.54. The maximum atomic E-state index is 4.54. The Morgan fingerprint density at radius 3 is 3.06 bits per heavy atom. The number of rotatable bonds is 5. The minimum Gasteiger partial charge on any atom is -0.337 e. The summed E-state index contributed by atoms with van der Waals surface area (Å²) in [6.45, 7) is 9.70. The first kappa shape index (κ1) is 13.3. The predicted octanol–water partition coefficient (Wildman–Crippen LogP) is 2.00. The summed E-state index contributed by atoms with van der Waals surface area (Å²) in [6.07, 6.45) is 4.34. The highest BCUT2D eigenvalue weighted by molar-refractivity contribution is 5.33. The molecule has 0 radical (unpaired) electrons. The quantitative estimate of drug-likeness (QED) is 0.865. The zero-order chi connectivity index (χ0) is 13.0. The van der Waals surface area contributed by atoms with Gasteiger partial charge >= 0.3 is 0 Å². The lowest BCUT2D eigenvalue weighted by molar-refractivity contribution is 0.510. The Kier molecular flexibility index (Phi) is 4.53. The van der Waals surface area contributed by atoms with Crippen LogP contribution in [-0.2, 0) is 0 Å². The van der Waals surface area contributed by atoms with Crippen LogP contribution in [0.4, 0.5) is 5.95 Å². The lowest BCUT2D eigenvalue weighted by Crippen LogP contribution is -2.39. The molecule has 0 bridgehead atoms. The molecule has 2 heterocycles. The van der Waals surface area contributed by atoms with Crippen LogP contribution in [0.5, 0.6) is 0 Å². The molecule has 4 nitrogen and oxygen atoms in total. The zero-order valence-corrected chi connectivity index (χ0v) is 11.7. The summed E-state index contributed by atoms with van der Waals surface area (Å²) in [7, 11) is 0. The summed E-state index contributed by atoms with van der Waals surface area (Å²) in [5.41, 5.74) is 1.04. The lowest BCUT2D eigenvalue weighted by Gasteiger charge is -2.25. The summed E-state index contributed by atoms with van der Waals surface area (Å²) in [5, 5.41) is 3.54. The molecule has 1 N–H and O–H groups in total. The van der Waals surface area contributed by atoms with E-state index in [9.17, 15) is 0 Å². The van der Waals surface area contributed by atoms with Crippen LogP contribution < -0.4 is 10.2 Å². The van der Waals surface area contributed by atoms with Crippen LogP contribution in [0.1, 0.15) is 32.4 Å². The van der Waals surface area contributed by atoms with Crippen LogP contribution in [0.25, 0.3) is 0 Å². The van der Waals surface area contributed by atoms with Crippen molar-refractivity contribution in [3.05, 3.63) is 18.0 Å². The fraction of sp³-hybridized carbons (Fsp3) is 0.714. The molecular weight excluding hydrogens is 224 g/mol. The standard InChI is InChI=1S/C14H24N4/c1-11(2)9-15-10-13-5-4-8-18(13)14-16-7-6-12(3)17-14/h6-7,11,13,15H,4-5,8-10H2,1-3H3. The van der Waals surface area contributed by atoms with Gasteiger partial charge in [-0.05, 0) is 38.3 Å². The normalized spacial score (nSPS) is 19.8. The number of aromatic nitrogens is 2. The van der Waals surface area contributed by atoms with Crippen molar-refractivity contribution in [2.75, 3.05) is 24.5 Å². The van der Waals surface area contributed by atoms with Gasteiger partial charge in [0.25, 0.3) is 0 Å². The summed E-state index contributed by atoms with van der Waals surface area (Å²) in [5.74, 6) is 1.60. The number of nitrogens with one attached hydrogen (secondary N) is 1. The second-order valence-electron chi connectivity index (χ2n) is 5.54. The Bertz CT molecular complexity index is 378. The molecule has 0 saturated carbocycles. The molecule has 1 aliphatic rings. The minimum absolute atomic E-state index is 0.547. The topological polar surface area (TPSA) is 41.1 Å². The van der Waals surface area contributed by atoms with E-state index >= 15 is 0 Å². The van der Waals surface area contributed by atoms with Crippen molar-refractivity contribution in [1.29, 1.82) is 0 Å². The van der Waals surface area contributed by atoms with Crippen molar-refractivity contribution in [2.24, 2.45) is 5.92 Å². The molecule has 1 aromatic rings. The number of hydrogen-bond donors (Lipinski definition) is 1. The molecule has 2 rings (SSSR count). The monoisotopic (exact) mass is 248 g/mol. The highest BCUT2D eigenvalue weighted by atomic mass is 15.3. The zero-order valence-electron chi connectivity index (χ0n) is 11.7. The second kappa shape index (κ2) is 6.14. The average Bonchev–Trinajstić information content (AvgIpc) is 2.77. The van der Waals surface area contributed by atoms with E-state index in [0.29, 0.717) is 12.0 Å². The average molecular weight is 248 g/mol. The molecule has 1 fully saturated rings. The molecular formula is C14H24N4. The number of aryl methyl sites for hydroxylation is 1. The van der Waals surface area contributed by atoms with Gasteiger partial charge in [-0.1, -0.05) is 13.8 Å². The van der Waals surface area contributed by atoms with E-state index < -0.39 is 0 Å². The molecule has 0 aliphatic carbocycles. The van der Waals surface area contributed by atoms with Gasteiger partial charge in [-0.2, -0.15) is 0 Å². The number of hydrogen-bond acceptors (Lipinski definition) is 4. The Labute approximate surface area is 110 Å². The lowest BCUT2D eigenvalue weighted by atomic mass is 10.2. The van der Waals surface area contributed by atoms with Gasteiger partial charge in [0.1, 0.15) is 0 Å². The fourth-order valence-electron chi connectivity index (χ4n) is 2.42. The molecule has 0 aromatic carbocycles. The van der Waals surface area contributed by atoms with Gasteiger partial charge in [0.05, 0.1) is 0 Å². The summed E-state index contributed by atoms with van der Waals surface area (Å²) >= 11 is 0. The van der Waals surface area contributed by atoms with E-state index in [-0.39, 0.29) is 0 Å². The van der Waals surface area contributed by atoms with Crippen molar-refractivity contribution >= 4 is 5.95 Å². The smallest absolute Gasteiger partial charge is 0.225 e. The van der Waals surface area contributed by atoms with Crippen molar-refractivity contribution in [3.8, 4) is 0 Å². The third-order valence-corrected chi connectivity index (χ3v) is 3.35. The van der Waals surface area contributed by atoms with E-state index in [4.69, 9.17) is 0 Å². The number of nitrogens with zero attached hydrogens (tertiary/aromatic N) is 3. The summed E-state index contributed by atoms with van der Waals surface area (Å²) < 4.78 is 0. The largest absolute Gasteiger partial charge is 0.337 e. The molecule has 0 spiro atoms. The fourth-order valence-corrected chi connectivity index (χ4v) is 2.42. The van der Waals surface area contributed by atoms with Gasteiger partial charge in [-0.25, -0.2) is 9.97 Å². The highest BCUT2D eigenvalue weighted by Crippen LogP contribution is 2.21. The van der Waals surface area contributed by atoms with Gasteiger partial charge in [-0.15, -0.1) is 0 Å².